The number of likely N-dealkylation sites (tertiary alicyclic amines) is 1. The molecule has 3 aliphatic carbocycles. The van der Waals surface area contributed by atoms with E-state index in [-0.39, 0.29) is 6.04 Å². The third kappa shape index (κ3) is 2.50. The number of methoxy groups -OCH3 is 1. The van der Waals surface area contributed by atoms with Gasteiger partial charge < -0.3 is 10.5 Å². The van der Waals surface area contributed by atoms with Crippen molar-refractivity contribution in [2.24, 2.45) is 29.4 Å². The van der Waals surface area contributed by atoms with Gasteiger partial charge in [0, 0.05) is 55.5 Å². The van der Waals surface area contributed by atoms with E-state index < -0.39 is 29.3 Å². The van der Waals surface area contributed by atoms with Crippen molar-refractivity contribution >= 4 is 5.91 Å². The molecule has 1 saturated heterocycles. The molecule has 0 aromatic heterocycles. The van der Waals surface area contributed by atoms with Crippen LogP contribution in [0.2, 0.25) is 0 Å². The second kappa shape index (κ2) is 6.23. The second-order valence-electron chi connectivity index (χ2n) is 9.23. The number of carbonyl (C=O) groups is 1. The van der Waals surface area contributed by atoms with Crippen LogP contribution >= 0.6 is 0 Å². The summed E-state index contributed by atoms with van der Waals surface area (Å²) >= 11 is 0. The fraction of sp³-hybridized carbons (Fsp3) is 0.682. The number of alkyl halides is 2. The van der Waals surface area contributed by atoms with E-state index in [9.17, 15) is 13.6 Å². The van der Waals surface area contributed by atoms with Crippen LogP contribution in [0.4, 0.5) is 8.78 Å². The van der Waals surface area contributed by atoms with Gasteiger partial charge in [0.15, 0.2) is 0 Å². The number of nitrogens with two attached hydrogens (primary N) is 1. The maximum Gasteiger partial charge on any atom is 0.254 e. The average molecular weight is 390 g/mol. The molecule has 0 radical (unpaired) electrons. The van der Waals surface area contributed by atoms with Crippen molar-refractivity contribution in [1.29, 1.82) is 0 Å². The van der Waals surface area contributed by atoms with E-state index >= 15 is 0 Å². The summed E-state index contributed by atoms with van der Waals surface area (Å²) in [5.41, 5.74) is 6.62. The third-order valence-electron chi connectivity index (χ3n) is 8.10. The molecule has 4 unspecified atom stereocenters. The molecular weight excluding hydrogens is 362 g/mol. The summed E-state index contributed by atoms with van der Waals surface area (Å²) in [6, 6.07) is 7.83. The molecule has 1 amide bonds. The first kappa shape index (κ1) is 18.5. The van der Waals surface area contributed by atoms with Gasteiger partial charge in [-0.15, -0.1) is 0 Å². The van der Waals surface area contributed by atoms with E-state index in [4.69, 9.17) is 10.5 Å². The minimum atomic E-state index is -2.41. The Kier molecular flexibility index (Phi) is 4.12. The van der Waals surface area contributed by atoms with Gasteiger partial charge in [-0.1, -0.05) is 18.6 Å². The zero-order valence-corrected chi connectivity index (χ0v) is 16.2. The van der Waals surface area contributed by atoms with E-state index in [1.165, 1.54) is 0 Å². The molecule has 5 rings (SSSR count). The lowest BCUT2D eigenvalue weighted by atomic mass is 9.62. The van der Waals surface area contributed by atoms with Crippen molar-refractivity contribution in [3.05, 3.63) is 35.4 Å². The van der Waals surface area contributed by atoms with E-state index in [1.54, 1.807) is 13.2 Å². The van der Waals surface area contributed by atoms with Gasteiger partial charge in [0.05, 0.1) is 0 Å². The summed E-state index contributed by atoms with van der Waals surface area (Å²) in [5.74, 6) is -3.02. The Morgan fingerprint density at radius 3 is 2.39 bits per heavy atom. The highest BCUT2D eigenvalue weighted by Gasteiger charge is 2.72. The molecule has 1 aromatic carbocycles. The molecule has 2 N–H and O–H groups in total. The molecule has 152 valence electrons. The highest BCUT2D eigenvalue weighted by Crippen LogP contribution is 2.65. The number of rotatable bonds is 4. The SMILES string of the molecule is COC1(c2cccc(C(N)=O)c2)C2CCCC1CN(C1CC3[C@@H](C1)C3(F)F)C2. The van der Waals surface area contributed by atoms with Crippen LogP contribution in [0, 0.1) is 23.7 Å². The molecule has 2 bridgehead atoms. The van der Waals surface area contributed by atoms with Gasteiger partial charge in [-0.2, -0.15) is 0 Å². The van der Waals surface area contributed by atoms with Crippen LogP contribution < -0.4 is 5.73 Å². The first-order chi connectivity index (χ1) is 13.4. The predicted molar refractivity (Wildman–Crippen MR) is 101 cm³/mol. The zero-order valence-electron chi connectivity index (χ0n) is 16.2. The largest absolute Gasteiger partial charge is 0.373 e. The molecule has 5 atom stereocenters. The van der Waals surface area contributed by atoms with Crippen LogP contribution in [0.3, 0.4) is 0 Å². The minimum absolute atomic E-state index is 0.282. The summed E-state index contributed by atoms with van der Waals surface area (Å²) in [6.07, 6.45) is 4.54. The maximum absolute atomic E-state index is 13.6. The normalized spacial score (nSPS) is 41.5. The Labute approximate surface area is 164 Å². The highest BCUT2D eigenvalue weighted by atomic mass is 19.3. The highest BCUT2D eigenvalue weighted by molar-refractivity contribution is 5.92. The number of carbonyl (C=O) groups excluding carboxylic acids is 1. The van der Waals surface area contributed by atoms with Crippen LogP contribution in [0.15, 0.2) is 24.3 Å². The molecule has 1 heterocycles. The Balaban J connectivity index is 1.42. The number of benzene rings is 1. The quantitative estimate of drug-likeness (QED) is 0.857. The molecule has 4 nitrogen and oxygen atoms in total. The molecule has 4 fully saturated rings. The van der Waals surface area contributed by atoms with Crippen LogP contribution in [0.5, 0.6) is 0 Å². The number of amides is 1. The van der Waals surface area contributed by atoms with Gasteiger partial charge in [0.1, 0.15) is 5.60 Å². The fourth-order valence-electron chi connectivity index (χ4n) is 6.69. The van der Waals surface area contributed by atoms with Gasteiger partial charge in [-0.05, 0) is 43.4 Å². The lowest BCUT2D eigenvalue weighted by Gasteiger charge is -2.56. The van der Waals surface area contributed by atoms with Crippen molar-refractivity contribution < 1.29 is 18.3 Å². The Morgan fingerprint density at radius 1 is 1.18 bits per heavy atom. The standard InChI is InChI=1S/C22H28F2N2O2/c1-28-21(14-5-2-4-13(8-14)20(25)27)15-6-3-7-16(21)12-26(11-15)17-9-18-19(10-17)22(18,23)24/h2,4-5,8,15-19H,3,6-7,9-12H2,1H3,(H2,25,27)/t15?,16?,17?,18-,19?,21?/m1/s1. The summed E-state index contributed by atoms with van der Waals surface area (Å²) < 4.78 is 33.5. The zero-order chi connectivity index (χ0) is 19.7. The number of fused-ring (bicyclic) bond motifs is 3. The van der Waals surface area contributed by atoms with Crippen molar-refractivity contribution in [2.75, 3.05) is 20.2 Å². The van der Waals surface area contributed by atoms with E-state index in [2.05, 4.69) is 4.90 Å². The molecule has 1 aromatic rings. The number of hydrogen-bond acceptors (Lipinski definition) is 3. The average Bonchev–Trinajstić information content (AvgIpc) is 3.01. The summed E-state index contributed by atoms with van der Waals surface area (Å²) in [4.78, 5) is 14.2. The smallest absolute Gasteiger partial charge is 0.254 e. The number of primary amides is 1. The van der Waals surface area contributed by atoms with E-state index in [0.29, 0.717) is 30.2 Å². The molecule has 3 saturated carbocycles. The Morgan fingerprint density at radius 2 is 1.82 bits per heavy atom. The first-order valence-corrected chi connectivity index (χ1v) is 10.4. The van der Waals surface area contributed by atoms with Crippen molar-refractivity contribution in [2.45, 2.75) is 49.7 Å². The Bertz CT molecular complexity index is 770. The van der Waals surface area contributed by atoms with Gasteiger partial charge in [0.2, 0.25) is 5.91 Å². The van der Waals surface area contributed by atoms with Crippen LogP contribution in [0.1, 0.15) is 48.0 Å². The Hall–Kier alpha value is -1.53. The van der Waals surface area contributed by atoms with Crippen molar-refractivity contribution in [3.8, 4) is 0 Å². The van der Waals surface area contributed by atoms with Crippen LogP contribution in [-0.2, 0) is 10.3 Å². The number of nitrogens with zero attached hydrogens (tertiary/aromatic N) is 1. The van der Waals surface area contributed by atoms with Crippen LogP contribution in [-0.4, -0.2) is 43.0 Å². The fourth-order valence-corrected chi connectivity index (χ4v) is 6.69. The second-order valence-corrected chi connectivity index (χ2v) is 9.23. The number of ether oxygens (including phenoxy) is 1. The number of piperidine rings is 1. The van der Waals surface area contributed by atoms with Gasteiger partial charge in [-0.25, -0.2) is 8.78 Å². The van der Waals surface area contributed by atoms with E-state index in [1.807, 2.05) is 18.2 Å². The molecule has 4 aliphatic rings. The lowest BCUT2D eigenvalue weighted by molar-refractivity contribution is -0.175. The molecular formula is C22H28F2N2O2. The maximum atomic E-state index is 13.6. The summed E-state index contributed by atoms with van der Waals surface area (Å²) in [7, 11) is 1.77. The van der Waals surface area contributed by atoms with Gasteiger partial charge in [-0.3, -0.25) is 9.69 Å². The van der Waals surface area contributed by atoms with E-state index in [0.717, 1.165) is 37.9 Å². The van der Waals surface area contributed by atoms with Crippen LogP contribution in [0.25, 0.3) is 0 Å². The monoisotopic (exact) mass is 390 g/mol. The molecule has 1 aliphatic heterocycles. The van der Waals surface area contributed by atoms with Gasteiger partial charge in [0.25, 0.3) is 5.92 Å². The lowest BCUT2D eigenvalue weighted by Crippen LogP contribution is -2.60. The van der Waals surface area contributed by atoms with Gasteiger partial charge >= 0.3 is 0 Å². The third-order valence-corrected chi connectivity index (χ3v) is 8.10. The molecule has 28 heavy (non-hydrogen) atoms. The first-order valence-electron chi connectivity index (χ1n) is 10.4. The predicted octanol–water partition coefficient (Wildman–Crippen LogP) is 3.40. The number of hydrogen-bond donors (Lipinski definition) is 1. The van der Waals surface area contributed by atoms with Crippen molar-refractivity contribution in [3.63, 3.8) is 0 Å². The van der Waals surface area contributed by atoms with Crippen molar-refractivity contribution in [1.82, 2.24) is 4.90 Å². The molecule has 0 spiro atoms. The summed E-state index contributed by atoms with van der Waals surface area (Å²) in [5, 5.41) is 0. The minimum Gasteiger partial charge on any atom is -0.373 e. The summed E-state index contributed by atoms with van der Waals surface area (Å²) in [6.45, 7) is 1.75. The molecule has 6 heteroatoms. The number of halogens is 2. The topological polar surface area (TPSA) is 55.6 Å².